The summed E-state index contributed by atoms with van der Waals surface area (Å²) in [7, 11) is 0. The third-order valence-electron chi connectivity index (χ3n) is 4.04. The predicted molar refractivity (Wildman–Crippen MR) is 70.3 cm³/mol. The highest BCUT2D eigenvalue weighted by Gasteiger charge is 2.33. The van der Waals surface area contributed by atoms with Crippen LogP contribution in [-0.4, -0.2) is 67.2 Å². The first kappa shape index (κ1) is 13.8. The van der Waals surface area contributed by atoms with Crippen LogP contribution in [0.1, 0.15) is 26.2 Å². The van der Waals surface area contributed by atoms with Crippen LogP contribution in [0.4, 0.5) is 0 Å². The minimum Gasteiger partial charge on any atom is -0.375 e. The van der Waals surface area contributed by atoms with Gasteiger partial charge >= 0.3 is 0 Å². The first-order chi connectivity index (χ1) is 8.68. The summed E-state index contributed by atoms with van der Waals surface area (Å²) in [5.41, 5.74) is 5.48. The van der Waals surface area contributed by atoms with Gasteiger partial charge in [0, 0.05) is 19.6 Å². The molecular weight excluding hydrogens is 230 g/mol. The summed E-state index contributed by atoms with van der Waals surface area (Å²) in [6.45, 7) is 7.79. The molecule has 0 spiro atoms. The van der Waals surface area contributed by atoms with Gasteiger partial charge in [0.05, 0.1) is 12.7 Å². The zero-order chi connectivity index (χ0) is 13.0. The Labute approximate surface area is 109 Å². The minimum atomic E-state index is -0.263. The Morgan fingerprint density at radius 3 is 2.61 bits per heavy atom. The zero-order valence-corrected chi connectivity index (χ0v) is 11.3. The van der Waals surface area contributed by atoms with Gasteiger partial charge in [-0.1, -0.05) is 6.42 Å². The molecule has 2 heterocycles. The summed E-state index contributed by atoms with van der Waals surface area (Å²) < 4.78 is 5.52. The molecule has 5 heteroatoms. The van der Waals surface area contributed by atoms with Gasteiger partial charge in [-0.05, 0) is 32.9 Å². The van der Waals surface area contributed by atoms with E-state index in [0.29, 0.717) is 6.61 Å². The van der Waals surface area contributed by atoms with Crippen molar-refractivity contribution in [2.24, 2.45) is 5.73 Å². The Morgan fingerprint density at radius 2 is 1.94 bits per heavy atom. The average molecular weight is 255 g/mol. The Balaban J connectivity index is 1.83. The van der Waals surface area contributed by atoms with E-state index in [1.54, 1.807) is 0 Å². The number of carbonyl (C=O) groups is 1. The lowest BCUT2D eigenvalue weighted by atomic mass is 10.1. The number of nitrogens with two attached hydrogens (primary N) is 1. The fourth-order valence-corrected chi connectivity index (χ4v) is 3.00. The van der Waals surface area contributed by atoms with E-state index in [-0.39, 0.29) is 18.1 Å². The zero-order valence-electron chi connectivity index (χ0n) is 11.3. The average Bonchev–Trinajstić information content (AvgIpc) is 2.37. The Bertz CT molecular complexity index is 279. The van der Waals surface area contributed by atoms with E-state index < -0.39 is 0 Å². The van der Waals surface area contributed by atoms with E-state index in [1.807, 2.05) is 6.92 Å². The van der Waals surface area contributed by atoms with Crippen molar-refractivity contribution in [3.05, 3.63) is 0 Å². The lowest BCUT2D eigenvalue weighted by Gasteiger charge is -2.39. The van der Waals surface area contributed by atoms with Gasteiger partial charge in [-0.3, -0.25) is 9.69 Å². The first-order valence-corrected chi connectivity index (χ1v) is 7.06. The molecule has 0 aromatic rings. The summed E-state index contributed by atoms with van der Waals surface area (Å²) in [6.07, 6.45) is 3.88. The normalized spacial score (nSPS) is 31.4. The number of piperidine rings is 1. The molecule has 18 heavy (non-hydrogen) atoms. The second-order valence-corrected chi connectivity index (χ2v) is 5.36. The highest BCUT2D eigenvalue weighted by molar-refractivity contribution is 5.80. The molecule has 0 unspecified atom stereocenters. The van der Waals surface area contributed by atoms with Gasteiger partial charge in [-0.15, -0.1) is 0 Å². The number of nitrogens with zero attached hydrogens (tertiary/aromatic N) is 2. The molecule has 0 aliphatic carbocycles. The van der Waals surface area contributed by atoms with Crippen molar-refractivity contribution in [1.29, 1.82) is 0 Å². The molecule has 1 amide bonds. The molecule has 2 saturated heterocycles. The largest absolute Gasteiger partial charge is 0.375 e. The fourth-order valence-electron chi connectivity index (χ4n) is 3.00. The van der Waals surface area contributed by atoms with Crippen molar-refractivity contribution >= 4 is 5.91 Å². The van der Waals surface area contributed by atoms with Crippen molar-refractivity contribution in [1.82, 2.24) is 9.80 Å². The van der Waals surface area contributed by atoms with Gasteiger partial charge in [0.25, 0.3) is 0 Å². The van der Waals surface area contributed by atoms with E-state index in [2.05, 4.69) is 9.80 Å². The molecule has 0 radical (unpaired) electrons. The number of hydrogen-bond acceptors (Lipinski definition) is 4. The molecular formula is C13H25N3O2. The molecule has 2 aliphatic heterocycles. The Morgan fingerprint density at radius 1 is 1.22 bits per heavy atom. The van der Waals surface area contributed by atoms with E-state index in [4.69, 9.17) is 10.5 Å². The van der Waals surface area contributed by atoms with Crippen LogP contribution in [0.3, 0.4) is 0 Å². The van der Waals surface area contributed by atoms with Gasteiger partial charge in [0.15, 0.2) is 0 Å². The molecule has 2 rings (SSSR count). The number of amides is 1. The van der Waals surface area contributed by atoms with Crippen LogP contribution in [0.5, 0.6) is 0 Å². The lowest BCUT2D eigenvalue weighted by molar-refractivity contribution is -0.135. The maximum Gasteiger partial charge on any atom is 0.237 e. The molecule has 0 saturated carbocycles. The molecule has 0 aromatic carbocycles. The monoisotopic (exact) mass is 255 g/mol. The Hall–Kier alpha value is -0.650. The molecule has 2 fully saturated rings. The SMILES string of the molecule is C[C@H]1OCCN(CCN2CCCCC2)[C@@H]1C(N)=O. The van der Waals surface area contributed by atoms with Crippen molar-refractivity contribution in [2.75, 3.05) is 39.3 Å². The van der Waals surface area contributed by atoms with Crippen molar-refractivity contribution in [3.8, 4) is 0 Å². The van der Waals surface area contributed by atoms with Crippen molar-refractivity contribution < 1.29 is 9.53 Å². The summed E-state index contributed by atoms with van der Waals surface area (Å²) >= 11 is 0. The number of morpholine rings is 1. The van der Waals surface area contributed by atoms with Crippen molar-refractivity contribution in [3.63, 3.8) is 0 Å². The number of hydrogen-bond donors (Lipinski definition) is 1. The Kier molecular flexibility index (Phi) is 4.97. The molecule has 104 valence electrons. The van der Waals surface area contributed by atoms with Crippen LogP contribution in [0, 0.1) is 0 Å². The third kappa shape index (κ3) is 3.43. The smallest absolute Gasteiger partial charge is 0.237 e. The lowest BCUT2D eigenvalue weighted by Crippen LogP contribution is -2.57. The minimum absolute atomic E-state index is 0.0856. The van der Waals surface area contributed by atoms with Gasteiger partial charge in [0.1, 0.15) is 6.04 Å². The van der Waals surface area contributed by atoms with E-state index in [1.165, 1.54) is 32.4 Å². The second-order valence-electron chi connectivity index (χ2n) is 5.36. The number of ether oxygens (including phenoxy) is 1. The summed E-state index contributed by atoms with van der Waals surface area (Å²) in [5, 5.41) is 0. The highest BCUT2D eigenvalue weighted by atomic mass is 16.5. The van der Waals surface area contributed by atoms with E-state index >= 15 is 0 Å². The molecule has 2 atom stereocenters. The van der Waals surface area contributed by atoms with Crippen LogP contribution < -0.4 is 5.73 Å². The van der Waals surface area contributed by atoms with Crippen LogP contribution in [0.2, 0.25) is 0 Å². The summed E-state index contributed by atoms with van der Waals surface area (Å²) in [6, 6.07) is -0.261. The fraction of sp³-hybridized carbons (Fsp3) is 0.923. The number of likely N-dealkylation sites (tertiary alicyclic amines) is 1. The number of primary amides is 1. The predicted octanol–water partition coefficient (Wildman–Crippen LogP) is 0.0469. The van der Waals surface area contributed by atoms with Crippen LogP contribution in [0.15, 0.2) is 0 Å². The maximum absolute atomic E-state index is 11.5. The maximum atomic E-state index is 11.5. The molecule has 2 N–H and O–H groups in total. The third-order valence-corrected chi connectivity index (χ3v) is 4.04. The summed E-state index contributed by atoms with van der Waals surface area (Å²) in [5.74, 6) is -0.263. The molecule has 5 nitrogen and oxygen atoms in total. The topological polar surface area (TPSA) is 58.8 Å². The highest BCUT2D eigenvalue weighted by Crippen LogP contribution is 2.14. The standard InChI is InChI=1S/C13H25N3O2/c1-11-12(13(14)17)16(9-10-18-11)8-7-15-5-3-2-4-6-15/h11-12H,2-10H2,1H3,(H2,14,17)/t11-,12+/m1/s1. The molecule has 0 bridgehead atoms. The van der Waals surface area contributed by atoms with Gasteiger partial charge < -0.3 is 15.4 Å². The number of rotatable bonds is 4. The summed E-state index contributed by atoms with van der Waals surface area (Å²) in [4.78, 5) is 16.2. The van der Waals surface area contributed by atoms with E-state index in [9.17, 15) is 4.79 Å². The quantitative estimate of drug-likeness (QED) is 0.771. The van der Waals surface area contributed by atoms with Crippen LogP contribution >= 0.6 is 0 Å². The van der Waals surface area contributed by atoms with Crippen molar-refractivity contribution in [2.45, 2.75) is 38.3 Å². The van der Waals surface area contributed by atoms with Gasteiger partial charge in [-0.2, -0.15) is 0 Å². The molecule has 2 aliphatic rings. The van der Waals surface area contributed by atoms with Crippen LogP contribution in [0.25, 0.3) is 0 Å². The number of carbonyl (C=O) groups excluding carboxylic acids is 1. The van der Waals surface area contributed by atoms with Gasteiger partial charge in [0.2, 0.25) is 5.91 Å². The van der Waals surface area contributed by atoms with Crippen LogP contribution in [-0.2, 0) is 9.53 Å². The van der Waals surface area contributed by atoms with Gasteiger partial charge in [-0.25, -0.2) is 0 Å². The molecule has 0 aromatic heterocycles. The first-order valence-electron chi connectivity index (χ1n) is 7.06. The second kappa shape index (κ2) is 6.50. The van der Waals surface area contributed by atoms with E-state index in [0.717, 1.165) is 19.6 Å².